The lowest BCUT2D eigenvalue weighted by Gasteiger charge is -2.63. The standard InChI is InChI=1S/C24H38O4/c1-15(26)28-21-9-7-17-16-6-8-19-22(2,3)20(27-5)11-13-24(19,14-25)18(16)10-12-23(17,21)4/h14,16-21H,6-13H2,1-5H3/t16-,17-,18-,19?,20?,21?,23-,24-/m0/s1. The molecule has 0 spiro atoms. The third-order valence-electron chi connectivity index (χ3n) is 9.86. The second kappa shape index (κ2) is 6.82. The Balaban J connectivity index is 1.65. The summed E-state index contributed by atoms with van der Waals surface area (Å²) >= 11 is 0. The number of hydrogen-bond acceptors (Lipinski definition) is 4. The molecule has 0 aromatic heterocycles. The van der Waals surface area contributed by atoms with E-state index in [1.807, 2.05) is 7.11 Å². The van der Waals surface area contributed by atoms with E-state index in [0.29, 0.717) is 23.7 Å². The molecule has 4 rings (SSSR count). The molecule has 0 heterocycles. The fourth-order valence-corrected chi connectivity index (χ4v) is 8.64. The zero-order valence-electron chi connectivity index (χ0n) is 18.3. The monoisotopic (exact) mass is 390 g/mol. The van der Waals surface area contributed by atoms with Crippen molar-refractivity contribution < 1.29 is 19.1 Å². The van der Waals surface area contributed by atoms with E-state index in [4.69, 9.17) is 9.47 Å². The van der Waals surface area contributed by atoms with Gasteiger partial charge in [0.05, 0.1) is 6.10 Å². The van der Waals surface area contributed by atoms with Crippen molar-refractivity contribution in [2.24, 2.45) is 39.9 Å². The van der Waals surface area contributed by atoms with E-state index >= 15 is 0 Å². The van der Waals surface area contributed by atoms with Crippen molar-refractivity contribution in [3.05, 3.63) is 0 Å². The van der Waals surface area contributed by atoms with Gasteiger partial charge >= 0.3 is 5.97 Å². The fraction of sp³-hybridized carbons (Fsp3) is 0.917. The van der Waals surface area contributed by atoms with Crippen molar-refractivity contribution in [1.29, 1.82) is 0 Å². The highest BCUT2D eigenvalue weighted by molar-refractivity contribution is 5.66. The predicted octanol–water partition coefficient (Wildman–Crippen LogP) is 4.79. The molecule has 0 N–H and O–H groups in total. The maximum atomic E-state index is 12.7. The highest BCUT2D eigenvalue weighted by Crippen LogP contribution is 2.68. The minimum Gasteiger partial charge on any atom is -0.462 e. The molecule has 0 aliphatic heterocycles. The van der Waals surface area contributed by atoms with Crippen LogP contribution in [0.3, 0.4) is 0 Å². The first-order valence-electron chi connectivity index (χ1n) is 11.4. The van der Waals surface area contributed by atoms with E-state index in [0.717, 1.165) is 44.9 Å². The smallest absolute Gasteiger partial charge is 0.302 e. The highest BCUT2D eigenvalue weighted by Gasteiger charge is 2.65. The Bertz CT molecular complexity index is 643. The van der Waals surface area contributed by atoms with Gasteiger partial charge in [-0.15, -0.1) is 0 Å². The van der Waals surface area contributed by atoms with Gasteiger partial charge in [0.2, 0.25) is 0 Å². The highest BCUT2D eigenvalue weighted by atomic mass is 16.5. The molecule has 4 saturated carbocycles. The van der Waals surface area contributed by atoms with E-state index in [1.165, 1.54) is 19.6 Å². The Labute approximate surface area is 170 Å². The van der Waals surface area contributed by atoms with Gasteiger partial charge in [0.15, 0.2) is 0 Å². The van der Waals surface area contributed by atoms with Crippen molar-refractivity contribution >= 4 is 12.3 Å². The van der Waals surface area contributed by atoms with Crippen LogP contribution in [0.1, 0.15) is 79.1 Å². The molecule has 158 valence electrons. The van der Waals surface area contributed by atoms with Crippen LogP contribution in [-0.4, -0.2) is 31.6 Å². The van der Waals surface area contributed by atoms with Crippen molar-refractivity contribution in [2.75, 3.05) is 7.11 Å². The number of esters is 1. The van der Waals surface area contributed by atoms with Gasteiger partial charge in [0.1, 0.15) is 12.4 Å². The molecule has 3 unspecified atom stereocenters. The molecular formula is C24H38O4. The van der Waals surface area contributed by atoms with Gasteiger partial charge in [-0.2, -0.15) is 0 Å². The number of ether oxygens (including phenoxy) is 2. The van der Waals surface area contributed by atoms with Gasteiger partial charge in [-0.3, -0.25) is 4.79 Å². The fourth-order valence-electron chi connectivity index (χ4n) is 8.64. The van der Waals surface area contributed by atoms with Crippen molar-refractivity contribution in [3.8, 4) is 0 Å². The maximum Gasteiger partial charge on any atom is 0.302 e. The van der Waals surface area contributed by atoms with Crippen LogP contribution >= 0.6 is 0 Å². The number of hydrogen-bond donors (Lipinski definition) is 0. The van der Waals surface area contributed by atoms with Gasteiger partial charge in [-0.25, -0.2) is 0 Å². The van der Waals surface area contributed by atoms with Crippen LogP contribution < -0.4 is 0 Å². The van der Waals surface area contributed by atoms with Gasteiger partial charge in [-0.1, -0.05) is 20.8 Å². The Morgan fingerprint density at radius 1 is 0.929 bits per heavy atom. The lowest BCUT2D eigenvalue weighted by atomic mass is 9.41. The topological polar surface area (TPSA) is 52.6 Å². The minimum atomic E-state index is -0.192. The van der Waals surface area contributed by atoms with Crippen LogP contribution in [0.25, 0.3) is 0 Å². The van der Waals surface area contributed by atoms with E-state index in [9.17, 15) is 9.59 Å². The Hall–Kier alpha value is -0.900. The SMILES string of the molecule is COC1CC[C@@]2(C=O)C(CC[C@@H]3[C@@H]2CC[C@]2(C)C(OC(C)=O)CC[C@@H]32)C1(C)C. The average Bonchev–Trinajstić information content (AvgIpc) is 2.97. The zero-order valence-corrected chi connectivity index (χ0v) is 18.3. The maximum absolute atomic E-state index is 12.7. The third-order valence-corrected chi connectivity index (χ3v) is 9.86. The molecule has 4 fully saturated rings. The number of rotatable bonds is 3. The summed E-state index contributed by atoms with van der Waals surface area (Å²) in [5.74, 6) is 1.91. The molecule has 0 bridgehead atoms. The van der Waals surface area contributed by atoms with Crippen LogP contribution in [0.2, 0.25) is 0 Å². The van der Waals surface area contributed by atoms with Crippen LogP contribution in [0, 0.1) is 39.9 Å². The van der Waals surface area contributed by atoms with Gasteiger partial charge in [-0.05, 0) is 80.5 Å². The Morgan fingerprint density at radius 2 is 1.68 bits per heavy atom. The number of methoxy groups -OCH3 is 1. The molecule has 4 aliphatic carbocycles. The summed E-state index contributed by atoms with van der Waals surface area (Å²) in [4.78, 5) is 24.4. The lowest BCUT2D eigenvalue weighted by molar-refractivity contribution is -0.191. The number of carbonyl (C=O) groups excluding carboxylic acids is 2. The largest absolute Gasteiger partial charge is 0.462 e. The second-order valence-electron chi connectivity index (χ2n) is 11.0. The summed E-state index contributed by atoms with van der Waals surface area (Å²) in [5.41, 5.74) is -0.0686. The Morgan fingerprint density at radius 3 is 2.32 bits per heavy atom. The first-order valence-corrected chi connectivity index (χ1v) is 11.4. The molecule has 0 saturated heterocycles. The lowest BCUT2D eigenvalue weighted by Crippen LogP contribution is -2.61. The summed E-state index contributed by atoms with van der Waals surface area (Å²) < 4.78 is 11.6. The molecule has 4 aliphatic rings. The molecule has 0 amide bonds. The molecule has 4 nitrogen and oxygen atoms in total. The van der Waals surface area contributed by atoms with Gasteiger partial charge < -0.3 is 14.3 Å². The molecule has 4 heteroatoms. The van der Waals surface area contributed by atoms with Crippen LogP contribution in [0.15, 0.2) is 0 Å². The minimum absolute atomic E-state index is 0.0373. The van der Waals surface area contributed by atoms with Gasteiger partial charge in [0.25, 0.3) is 0 Å². The van der Waals surface area contributed by atoms with E-state index in [1.54, 1.807) is 0 Å². The summed E-state index contributed by atoms with van der Waals surface area (Å²) in [6.45, 7) is 8.52. The van der Waals surface area contributed by atoms with Crippen molar-refractivity contribution in [2.45, 2.75) is 91.3 Å². The van der Waals surface area contributed by atoms with E-state index in [2.05, 4.69) is 20.8 Å². The zero-order chi connectivity index (χ0) is 20.3. The quantitative estimate of drug-likeness (QED) is 0.513. The molecule has 8 atom stereocenters. The van der Waals surface area contributed by atoms with E-state index < -0.39 is 0 Å². The number of carbonyl (C=O) groups is 2. The molecular weight excluding hydrogens is 352 g/mol. The molecule has 0 aromatic rings. The second-order valence-corrected chi connectivity index (χ2v) is 11.0. The number of aldehydes is 1. The summed E-state index contributed by atoms with van der Waals surface area (Å²) in [5, 5.41) is 0. The van der Waals surface area contributed by atoms with Crippen molar-refractivity contribution in [3.63, 3.8) is 0 Å². The molecule has 0 radical (unpaired) electrons. The molecule has 0 aromatic carbocycles. The summed E-state index contributed by atoms with van der Waals surface area (Å²) in [6.07, 6.45) is 10.3. The van der Waals surface area contributed by atoms with Crippen LogP contribution in [0.4, 0.5) is 0 Å². The normalized spacial score (nSPS) is 49.5. The average molecular weight is 391 g/mol. The number of fused-ring (bicyclic) bond motifs is 5. The summed E-state index contributed by atoms with van der Waals surface area (Å²) in [7, 11) is 1.83. The van der Waals surface area contributed by atoms with Gasteiger partial charge in [0, 0.05) is 24.9 Å². The summed E-state index contributed by atoms with van der Waals surface area (Å²) in [6, 6.07) is 0. The first-order chi connectivity index (χ1) is 13.2. The van der Waals surface area contributed by atoms with Crippen LogP contribution in [0.5, 0.6) is 0 Å². The molecule has 28 heavy (non-hydrogen) atoms. The Kier molecular flexibility index (Phi) is 4.96. The van der Waals surface area contributed by atoms with Crippen molar-refractivity contribution in [1.82, 2.24) is 0 Å². The predicted molar refractivity (Wildman–Crippen MR) is 108 cm³/mol. The third kappa shape index (κ3) is 2.66. The van der Waals surface area contributed by atoms with Crippen LogP contribution in [-0.2, 0) is 19.1 Å². The first kappa shape index (κ1) is 20.4. The van der Waals surface area contributed by atoms with E-state index in [-0.39, 0.29) is 34.4 Å².